The van der Waals surface area contributed by atoms with E-state index in [1.807, 2.05) is 6.07 Å². The van der Waals surface area contributed by atoms with Crippen LogP contribution in [-0.4, -0.2) is 26.4 Å². The third kappa shape index (κ3) is 3.13. The van der Waals surface area contributed by atoms with E-state index in [1.165, 1.54) is 12.0 Å². The average Bonchev–Trinajstić information content (AvgIpc) is 2.79. The number of methoxy groups -OCH3 is 1. The Morgan fingerprint density at radius 3 is 3.00 bits per heavy atom. The number of anilines is 1. The van der Waals surface area contributed by atoms with E-state index in [2.05, 4.69) is 34.2 Å². The van der Waals surface area contributed by atoms with E-state index in [4.69, 9.17) is 9.47 Å². The predicted octanol–water partition coefficient (Wildman–Crippen LogP) is 3.36. The van der Waals surface area contributed by atoms with Gasteiger partial charge >= 0.3 is 0 Å². The summed E-state index contributed by atoms with van der Waals surface area (Å²) in [4.78, 5) is 0. The Hall–Kier alpha value is -0.740. The third-order valence-corrected chi connectivity index (χ3v) is 3.47. The van der Waals surface area contributed by atoms with Crippen LogP contribution in [0.3, 0.4) is 0 Å². The molecule has 3 nitrogen and oxygen atoms in total. The van der Waals surface area contributed by atoms with Gasteiger partial charge in [0.05, 0.1) is 18.9 Å². The molecule has 0 aliphatic carbocycles. The van der Waals surface area contributed by atoms with Gasteiger partial charge < -0.3 is 14.8 Å². The van der Waals surface area contributed by atoms with Crippen LogP contribution in [0.5, 0.6) is 5.75 Å². The van der Waals surface area contributed by atoms with Gasteiger partial charge in [0.15, 0.2) is 0 Å². The van der Waals surface area contributed by atoms with Crippen molar-refractivity contribution in [2.75, 3.05) is 25.6 Å². The van der Waals surface area contributed by atoms with E-state index in [1.54, 1.807) is 7.11 Å². The highest BCUT2D eigenvalue weighted by Gasteiger charge is 2.16. The lowest BCUT2D eigenvalue weighted by Crippen LogP contribution is -2.19. The molecule has 1 aliphatic heterocycles. The van der Waals surface area contributed by atoms with E-state index < -0.39 is 0 Å². The van der Waals surface area contributed by atoms with Crippen molar-refractivity contribution in [2.24, 2.45) is 0 Å². The number of hydrogen-bond acceptors (Lipinski definition) is 3. The first-order valence-electron chi connectivity index (χ1n) is 5.90. The summed E-state index contributed by atoms with van der Waals surface area (Å²) in [7, 11) is 1.69. The largest absolute Gasteiger partial charge is 0.495 e. The predicted molar refractivity (Wildman–Crippen MR) is 72.9 cm³/mol. The van der Waals surface area contributed by atoms with Crippen LogP contribution >= 0.6 is 15.9 Å². The zero-order valence-electron chi connectivity index (χ0n) is 10.3. The highest BCUT2D eigenvalue weighted by atomic mass is 79.9. The first-order chi connectivity index (χ1) is 8.20. The summed E-state index contributed by atoms with van der Waals surface area (Å²) in [5, 5.41) is 3.43. The fourth-order valence-corrected chi connectivity index (χ4v) is 2.67. The minimum atomic E-state index is 0.336. The minimum absolute atomic E-state index is 0.336. The number of halogens is 1. The molecular weight excluding hydrogens is 282 g/mol. The molecule has 0 aromatic heterocycles. The second kappa shape index (κ2) is 5.74. The average molecular weight is 300 g/mol. The molecule has 1 heterocycles. The lowest BCUT2D eigenvalue weighted by molar-refractivity contribution is 0.120. The van der Waals surface area contributed by atoms with Crippen LogP contribution in [0.4, 0.5) is 5.69 Å². The molecule has 1 saturated heterocycles. The SMILES string of the molecule is COc1cc(Br)cc(C)c1NCC1CCCO1. The molecule has 0 bridgehead atoms. The molecule has 1 aliphatic rings. The highest BCUT2D eigenvalue weighted by Crippen LogP contribution is 2.32. The summed E-state index contributed by atoms with van der Waals surface area (Å²) in [6, 6.07) is 4.06. The van der Waals surface area contributed by atoms with Crippen molar-refractivity contribution in [1.29, 1.82) is 0 Å². The number of rotatable bonds is 4. The summed E-state index contributed by atoms with van der Waals surface area (Å²) in [6.07, 6.45) is 2.65. The minimum Gasteiger partial charge on any atom is -0.495 e. The Balaban J connectivity index is 2.08. The Labute approximate surface area is 111 Å². The van der Waals surface area contributed by atoms with Gasteiger partial charge in [-0.2, -0.15) is 0 Å². The molecule has 0 amide bonds. The molecule has 1 fully saturated rings. The second-order valence-corrected chi connectivity index (χ2v) is 5.23. The normalized spacial score (nSPS) is 19.4. The van der Waals surface area contributed by atoms with Crippen molar-refractivity contribution >= 4 is 21.6 Å². The summed E-state index contributed by atoms with van der Waals surface area (Å²) in [5.74, 6) is 0.870. The molecular formula is C13H18BrNO2. The zero-order valence-corrected chi connectivity index (χ0v) is 11.8. The first kappa shape index (κ1) is 12.7. The molecule has 94 valence electrons. The third-order valence-electron chi connectivity index (χ3n) is 3.01. The van der Waals surface area contributed by atoms with Gasteiger partial charge in [-0.25, -0.2) is 0 Å². The molecule has 4 heteroatoms. The zero-order chi connectivity index (χ0) is 12.3. The number of aryl methyl sites for hydroxylation is 1. The van der Waals surface area contributed by atoms with Crippen LogP contribution in [-0.2, 0) is 4.74 Å². The van der Waals surface area contributed by atoms with Gasteiger partial charge in [0.25, 0.3) is 0 Å². The van der Waals surface area contributed by atoms with E-state index in [0.29, 0.717) is 6.10 Å². The second-order valence-electron chi connectivity index (χ2n) is 4.32. The number of hydrogen-bond donors (Lipinski definition) is 1. The summed E-state index contributed by atoms with van der Waals surface area (Å²) < 4.78 is 12.0. The van der Waals surface area contributed by atoms with Crippen molar-refractivity contribution in [3.63, 3.8) is 0 Å². The molecule has 0 spiro atoms. The van der Waals surface area contributed by atoms with Crippen LogP contribution in [0, 0.1) is 6.92 Å². The molecule has 17 heavy (non-hydrogen) atoms. The van der Waals surface area contributed by atoms with E-state index in [9.17, 15) is 0 Å². The number of ether oxygens (including phenoxy) is 2. The molecule has 1 unspecified atom stereocenters. The summed E-state index contributed by atoms with van der Waals surface area (Å²) in [6.45, 7) is 3.81. The Bertz CT molecular complexity index is 389. The van der Waals surface area contributed by atoms with Gasteiger partial charge in [-0.05, 0) is 37.5 Å². The maximum atomic E-state index is 5.60. The highest BCUT2D eigenvalue weighted by molar-refractivity contribution is 9.10. The quantitative estimate of drug-likeness (QED) is 0.925. The van der Waals surface area contributed by atoms with Gasteiger partial charge in [-0.1, -0.05) is 15.9 Å². The lowest BCUT2D eigenvalue weighted by atomic mass is 10.1. The Morgan fingerprint density at radius 2 is 2.35 bits per heavy atom. The summed E-state index contributed by atoms with van der Waals surface area (Å²) >= 11 is 3.47. The molecule has 0 saturated carbocycles. The van der Waals surface area contributed by atoms with Crippen LogP contribution < -0.4 is 10.1 Å². The topological polar surface area (TPSA) is 30.5 Å². The fourth-order valence-electron chi connectivity index (χ4n) is 2.12. The maximum Gasteiger partial charge on any atom is 0.143 e. The lowest BCUT2D eigenvalue weighted by Gasteiger charge is -2.17. The fraction of sp³-hybridized carbons (Fsp3) is 0.538. The molecule has 2 rings (SSSR count). The van der Waals surface area contributed by atoms with E-state index in [0.717, 1.165) is 35.5 Å². The van der Waals surface area contributed by atoms with Crippen molar-refractivity contribution in [3.05, 3.63) is 22.2 Å². The monoisotopic (exact) mass is 299 g/mol. The van der Waals surface area contributed by atoms with Crippen molar-refractivity contribution in [1.82, 2.24) is 0 Å². The molecule has 1 aromatic rings. The molecule has 1 atom stereocenters. The molecule has 0 radical (unpaired) electrons. The molecule has 1 N–H and O–H groups in total. The van der Waals surface area contributed by atoms with Crippen LogP contribution in [0.1, 0.15) is 18.4 Å². The maximum absolute atomic E-state index is 5.60. The van der Waals surface area contributed by atoms with E-state index in [-0.39, 0.29) is 0 Å². The Kier molecular flexibility index (Phi) is 4.29. The van der Waals surface area contributed by atoms with Crippen LogP contribution in [0.2, 0.25) is 0 Å². The number of nitrogens with one attached hydrogen (secondary N) is 1. The van der Waals surface area contributed by atoms with Crippen molar-refractivity contribution < 1.29 is 9.47 Å². The smallest absolute Gasteiger partial charge is 0.143 e. The first-order valence-corrected chi connectivity index (χ1v) is 6.69. The van der Waals surface area contributed by atoms with Gasteiger partial charge in [0, 0.05) is 17.6 Å². The van der Waals surface area contributed by atoms with Crippen LogP contribution in [0.15, 0.2) is 16.6 Å². The summed E-state index contributed by atoms with van der Waals surface area (Å²) in [5.41, 5.74) is 2.24. The van der Waals surface area contributed by atoms with E-state index >= 15 is 0 Å². The van der Waals surface area contributed by atoms with Crippen LogP contribution in [0.25, 0.3) is 0 Å². The van der Waals surface area contributed by atoms with Gasteiger partial charge in [0.2, 0.25) is 0 Å². The van der Waals surface area contributed by atoms with Gasteiger partial charge in [-0.15, -0.1) is 0 Å². The Morgan fingerprint density at radius 1 is 1.53 bits per heavy atom. The van der Waals surface area contributed by atoms with Gasteiger partial charge in [0.1, 0.15) is 5.75 Å². The number of benzene rings is 1. The van der Waals surface area contributed by atoms with Crippen molar-refractivity contribution in [2.45, 2.75) is 25.9 Å². The van der Waals surface area contributed by atoms with Gasteiger partial charge in [-0.3, -0.25) is 0 Å². The van der Waals surface area contributed by atoms with Crippen molar-refractivity contribution in [3.8, 4) is 5.75 Å². The molecule has 1 aromatic carbocycles. The standard InChI is InChI=1S/C13H18BrNO2/c1-9-6-10(14)7-12(16-2)13(9)15-8-11-4-3-5-17-11/h6-7,11,15H,3-5,8H2,1-2H3.